The first-order chi connectivity index (χ1) is 7.81. The summed E-state index contributed by atoms with van der Waals surface area (Å²) in [6, 6.07) is 2.26. The van der Waals surface area contributed by atoms with E-state index in [9.17, 15) is 0 Å². The normalized spacial score (nSPS) is 12.4. The van der Waals surface area contributed by atoms with Gasteiger partial charge in [0.05, 0.1) is 13.3 Å². The smallest absolute Gasteiger partial charge is 0.137 e. The summed E-state index contributed by atoms with van der Waals surface area (Å²) in [6.45, 7) is 3.51. The molecule has 1 unspecified atom stereocenters. The molecule has 1 aromatic heterocycles. The molecular formula is C12H20N2O2. The van der Waals surface area contributed by atoms with E-state index in [2.05, 4.69) is 10.3 Å². The van der Waals surface area contributed by atoms with Crippen molar-refractivity contribution in [3.05, 3.63) is 24.0 Å². The average molecular weight is 224 g/mol. The Morgan fingerprint density at radius 3 is 2.88 bits per heavy atom. The topological polar surface area (TPSA) is 43.4 Å². The van der Waals surface area contributed by atoms with E-state index in [4.69, 9.17) is 9.47 Å². The molecule has 0 aliphatic carbocycles. The lowest BCUT2D eigenvalue weighted by Crippen LogP contribution is -2.18. The van der Waals surface area contributed by atoms with Crippen LogP contribution in [0.2, 0.25) is 0 Å². The van der Waals surface area contributed by atoms with Crippen molar-refractivity contribution in [2.24, 2.45) is 0 Å². The maximum Gasteiger partial charge on any atom is 0.137 e. The Bertz CT molecular complexity index is 305. The Balaban J connectivity index is 2.62. The Kier molecular flexibility index (Phi) is 5.82. The van der Waals surface area contributed by atoms with Gasteiger partial charge in [-0.25, -0.2) is 0 Å². The van der Waals surface area contributed by atoms with E-state index in [-0.39, 0.29) is 6.04 Å². The highest BCUT2D eigenvalue weighted by Crippen LogP contribution is 2.19. The van der Waals surface area contributed by atoms with Gasteiger partial charge in [-0.15, -0.1) is 0 Å². The van der Waals surface area contributed by atoms with Gasteiger partial charge in [-0.3, -0.25) is 4.98 Å². The predicted octanol–water partition coefficient (Wildman–Crippen LogP) is 1.78. The first-order valence-electron chi connectivity index (χ1n) is 5.55. The fourth-order valence-electron chi connectivity index (χ4n) is 1.56. The number of nitrogens with zero attached hydrogens (tertiary/aromatic N) is 1. The van der Waals surface area contributed by atoms with E-state index in [0.29, 0.717) is 0 Å². The van der Waals surface area contributed by atoms with Crippen molar-refractivity contribution in [2.45, 2.75) is 19.4 Å². The minimum atomic E-state index is 0.258. The molecule has 1 atom stereocenters. The number of hydrogen-bond acceptors (Lipinski definition) is 4. The van der Waals surface area contributed by atoms with E-state index < -0.39 is 0 Å². The van der Waals surface area contributed by atoms with Crippen LogP contribution >= 0.6 is 0 Å². The standard InChI is InChI=1S/C12H20N2O2/c1-4-16-6-5-12(13-2)10-7-11(15-3)9-14-8-10/h7-9,12-13H,4-6H2,1-3H3. The summed E-state index contributed by atoms with van der Waals surface area (Å²) in [5, 5.41) is 3.25. The zero-order chi connectivity index (χ0) is 11.8. The van der Waals surface area contributed by atoms with Crippen molar-refractivity contribution in [3.8, 4) is 5.75 Å². The van der Waals surface area contributed by atoms with Gasteiger partial charge in [0.1, 0.15) is 5.75 Å². The third kappa shape index (κ3) is 3.79. The van der Waals surface area contributed by atoms with Crippen LogP contribution in [0.15, 0.2) is 18.5 Å². The summed E-state index contributed by atoms with van der Waals surface area (Å²) >= 11 is 0. The molecule has 1 N–H and O–H groups in total. The van der Waals surface area contributed by atoms with Gasteiger partial charge in [-0.05, 0) is 32.0 Å². The zero-order valence-electron chi connectivity index (χ0n) is 10.2. The highest BCUT2D eigenvalue weighted by molar-refractivity contribution is 5.25. The summed E-state index contributed by atoms with van der Waals surface area (Å²) in [6.07, 6.45) is 4.49. The molecule has 1 rings (SSSR count). The number of pyridine rings is 1. The highest BCUT2D eigenvalue weighted by atomic mass is 16.5. The van der Waals surface area contributed by atoms with Crippen molar-refractivity contribution >= 4 is 0 Å². The van der Waals surface area contributed by atoms with Crippen molar-refractivity contribution in [1.29, 1.82) is 0 Å². The highest BCUT2D eigenvalue weighted by Gasteiger charge is 2.10. The predicted molar refractivity (Wildman–Crippen MR) is 63.7 cm³/mol. The van der Waals surface area contributed by atoms with Crippen LogP contribution in [0.5, 0.6) is 5.75 Å². The van der Waals surface area contributed by atoms with E-state index in [1.807, 2.05) is 26.2 Å². The minimum absolute atomic E-state index is 0.258. The molecule has 0 aliphatic heterocycles. The van der Waals surface area contributed by atoms with Crippen LogP contribution in [0.4, 0.5) is 0 Å². The lowest BCUT2D eigenvalue weighted by Gasteiger charge is -2.16. The van der Waals surface area contributed by atoms with Crippen molar-refractivity contribution in [1.82, 2.24) is 10.3 Å². The summed E-state index contributed by atoms with van der Waals surface area (Å²) in [7, 11) is 3.59. The molecule has 1 heterocycles. The summed E-state index contributed by atoms with van der Waals surface area (Å²) in [4.78, 5) is 4.15. The van der Waals surface area contributed by atoms with Gasteiger partial charge in [0, 0.05) is 25.5 Å². The fraction of sp³-hybridized carbons (Fsp3) is 0.583. The molecule has 16 heavy (non-hydrogen) atoms. The van der Waals surface area contributed by atoms with E-state index in [0.717, 1.165) is 30.9 Å². The fourth-order valence-corrected chi connectivity index (χ4v) is 1.56. The SMILES string of the molecule is CCOCCC(NC)c1cncc(OC)c1. The van der Waals surface area contributed by atoms with Gasteiger partial charge in [-0.2, -0.15) is 0 Å². The van der Waals surface area contributed by atoms with Crippen LogP contribution in [0.3, 0.4) is 0 Å². The molecule has 0 radical (unpaired) electrons. The second-order valence-corrected chi connectivity index (χ2v) is 3.48. The Labute approximate surface area is 97.0 Å². The Morgan fingerprint density at radius 1 is 1.44 bits per heavy atom. The molecule has 0 amide bonds. The number of methoxy groups -OCH3 is 1. The quantitative estimate of drug-likeness (QED) is 0.717. The number of hydrogen-bond donors (Lipinski definition) is 1. The number of aromatic nitrogens is 1. The second kappa shape index (κ2) is 7.19. The maximum atomic E-state index is 5.35. The number of nitrogens with one attached hydrogen (secondary N) is 1. The monoisotopic (exact) mass is 224 g/mol. The second-order valence-electron chi connectivity index (χ2n) is 3.48. The summed E-state index contributed by atoms with van der Waals surface area (Å²) in [5.74, 6) is 0.786. The van der Waals surface area contributed by atoms with Crippen LogP contribution in [0, 0.1) is 0 Å². The Hall–Kier alpha value is -1.13. The Morgan fingerprint density at radius 2 is 2.25 bits per heavy atom. The molecule has 0 spiro atoms. The van der Waals surface area contributed by atoms with Gasteiger partial charge in [0.25, 0.3) is 0 Å². The van der Waals surface area contributed by atoms with Gasteiger partial charge in [0.15, 0.2) is 0 Å². The average Bonchev–Trinajstić information content (AvgIpc) is 2.35. The van der Waals surface area contributed by atoms with Crippen LogP contribution < -0.4 is 10.1 Å². The molecule has 90 valence electrons. The van der Waals surface area contributed by atoms with E-state index in [1.54, 1.807) is 13.3 Å². The molecule has 4 nitrogen and oxygen atoms in total. The number of ether oxygens (including phenoxy) is 2. The van der Waals surface area contributed by atoms with E-state index in [1.165, 1.54) is 0 Å². The van der Waals surface area contributed by atoms with Crippen molar-refractivity contribution in [2.75, 3.05) is 27.4 Å². The van der Waals surface area contributed by atoms with Crippen LogP contribution in [0.25, 0.3) is 0 Å². The van der Waals surface area contributed by atoms with Crippen LogP contribution in [0.1, 0.15) is 24.9 Å². The van der Waals surface area contributed by atoms with Gasteiger partial charge in [-0.1, -0.05) is 0 Å². The van der Waals surface area contributed by atoms with Crippen molar-refractivity contribution in [3.63, 3.8) is 0 Å². The molecule has 4 heteroatoms. The van der Waals surface area contributed by atoms with Crippen LogP contribution in [-0.4, -0.2) is 32.4 Å². The maximum absolute atomic E-state index is 5.35. The van der Waals surface area contributed by atoms with Crippen LogP contribution in [-0.2, 0) is 4.74 Å². The molecular weight excluding hydrogens is 204 g/mol. The van der Waals surface area contributed by atoms with Gasteiger partial charge >= 0.3 is 0 Å². The first-order valence-corrected chi connectivity index (χ1v) is 5.55. The molecule has 0 aliphatic rings. The molecule has 0 aromatic carbocycles. The summed E-state index contributed by atoms with van der Waals surface area (Å²) in [5.41, 5.74) is 1.13. The lowest BCUT2D eigenvalue weighted by molar-refractivity contribution is 0.137. The molecule has 0 fully saturated rings. The molecule has 0 saturated heterocycles. The van der Waals surface area contributed by atoms with Crippen molar-refractivity contribution < 1.29 is 9.47 Å². The molecule has 0 bridgehead atoms. The largest absolute Gasteiger partial charge is 0.495 e. The first kappa shape index (κ1) is 12.9. The number of rotatable bonds is 7. The molecule has 0 saturated carbocycles. The van der Waals surface area contributed by atoms with Gasteiger partial charge in [0.2, 0.25) is 0 Å². The summed E-state index contributed by atoms with van der Waals surface area (Å²) < 4.78 is 10.5. The third-order valence-corrected chi connectivity index (χ3v) is 2.48. The van der Waals surface area contributed by atoms with E-state index >= 15 is 0 Å². The zero-order valence-corrected chi connectivity index (χ0v) is 10.2. The van der Waals surface area contributed by atoms with Gasteiger partial charge < -0.3 is 14.8 Å². The molecule has 1 aromatic rings. The lowest BCUT2D eigenvalue weighted by atomic mass is 10.1. The minimum Gasteiger partial charge on any atom is -0.495 e. The third-order valence-electron chi connectivity index (χ3n) is 2.48.